The molecule has 0 bridgehead atoms. The van der Waals surface area contributed by atoms with Gasteiger partial charge >= 0.3 is 5.97 Å². The Morgan fingerprint density at radius 2 is 2.06 bits per heavy atom. The van der Waals surface area contributed by atoms with Crippen molar-refractivity contribution in [1.82, 2.24) is 15.0 Å². The standard InChI is InChI=1S/C10H7Cl2N3O2/c11-6-3-1-2-4-7(6)15-8(5-9(16)17)10(12)13-14-15/h1-4H,5H2,(H,16,17). The largest absolute Gasteiger partial charge is 0.481 e. The maximum Gasteiger partial charge on any atom is 0.309 e. The third kappa shape index (κ3) is 2.40. The third-order valence-electron chi connectivity index (χ3n) is 2.12. The van der Waals surface area contributed by atoms with E-state index in [1.165, 1.54) is 4.68 Å². The molecule has 0 unspecified atom stereocenters. The van der Waals surface area contributed by atoms with Gasteiger partial charge in [0.25, 0.3) is 0 Å². The first kappa shape index (κ1) is 11.9. The number of carboxylic acids is 1. The maximum atomic E-state index is 10.7. The van der Waals surface area contributed by atoms with Crippen LogP contribution < -0.4 is 0 Å². The van der Waals surface area contributed by atoms with Gasteiger partial charge in [-0.1, -0.05) is 40.5 Å². The van der Waals surface area contributed by atoms with Gasteiger partial charge in [0.05, 0.1) is 22.8 Å². The summed E-state index contributed by atoms with van der Waals surface area (Å²) < 4.78 is 1.33. The van der Waals surface area contributed by atoms with Crippen LogP contribution in [0, 0.1) is 0 Å². The molecule has 0 aliphatic carbocycles. The molecule has 1 N–H and O–H groups in total. The Morgan fingerprint density at radius 3 is 2.71 bits per heavy atom. The number of benzene rings is 1. The van der Waals surface area contributed by atoms with Crippen LogP contribution in [0.15, 0.2) is 24.3 Å². The number of aliphatic carboxylic acids is 1. The molecule has 2 aromatic rings. The molecule has 0 aliphatic rings. The van der Waals surface area contributed by atoms with Gasteiger partial charge in [-0.25, -0.2) is 4.68 Å². The first-order chi connectivity index (χ1) is 8.09. The Labute approximate surface area is 107 Å². The van der Waals surface area contributed by atoms with E-state index in [-0.39, 0.29) is 11.6 Å². The van der Waals surface area contributed by atoms with Crippen LogP contribution in [-0.2, 0) is 11.2 Å². The lowest BCUT2D eigenvalue weighted by molar-refractivity contribution is -0.136. The van der Waals surface area contributed by atoms with Crippen molar-refractivity contribution in [1.29, 1.82) is 0 Å². The lowest BCUT2D eigenvalue weighted by Gasteiger charge is -2.06. The number of rotatable bonds is 3. The van der Waals surface area contributed by atoms with Gasteiger partial charge in [-0.3, -0.25) is 4.79 Å². The summed E-state index contributed by atoms with van der Waals surface area (Å²) in [6.07, 6.45) is -0.267. The summed E-state index contributed by atoms with van der Waals surface area (Å²) in [7, 11) is 0. The van der Waals surface area contributed by atoms with Gasteiger partial charge < -0.3 is 5.11 Å². The van der Waals surface area contributed by atoms with Crippen LogP contribution in [0.4, 0.5) is 0 Å². The maximum absolute atomic E-state index is 10.7. The number of carboxylic acid groups (broad SMARTS) is 1. The molecular weight excluding hydrogens is 265 g/mol. The molecule has 0 fully saturated rings. The highest BCUT2D eigenvalue weighted by Crippen LogP contribution is 2.23. The van der Waals surface area contributed by atoms with Crippen LogP contribution in [0.3, 0.4) is 0 Å². The van der Waals surface area contributed by atoms with E-state index in [9.17, 15) is 4.79 Å². The minimum absolute atomic E-state index is 0.0623. The predicted molar refractivity (Wildman–Crippen MR) is 62.7 cm³/mol. The molecule has 17 heavy (non-hydrogen) atoms. The van der Waals surface area contributed by atoms with E-state index in [0.717, 1.165) is 0 Å². The molecule has 1 aromatic heterocycles. The minimum Gasteiger partial charge on any atom is -0.481 e. The number of carbonyl (C=O) groups is 1. The van der Waals surface area contributed by atoms with E-state index in [2.05, 4.69) is 10.3 Å². The highest BCUT2D eigenvalue weighted by molar-refractivity contribution is 6.32. The van der Waals surface area contributed by atoms with Crippen LogP contribution >= 0.6 is 23.2 Å². The first-order valence-electron chi connectivity index (χ1n) is 4.66. The van der Waals surface area contributed by atoms with Crippen LogP contribution in [0.1, 0.15) is 5.69 Å². The molecule has 88 valence electrons. The Morgan fingerprint density at radius 1 is 1.35 bits per heavy atom. The van der Waals surface area contributed by atoms with Crippen LogP contribution in [0.5, 0.6) is 0 Å². The van der Waals surface area contributed by atoms with Crippen molar-refractivity contribution in [2.24, 2.45) is 0 Å². The summed E-state index contributed by atoms with van der Waals surface area (Å²) >= 11 is 11.8. The fourth-order valence-corrected chi connectivity index (χ4v) is 1.79. The second kappa shape index (κ2) is 4.73. The topological polar surface area (TPSA) is 68.0 Å². The van der Waals surface area contributed by atoms with Crippen molar-refractivity contribution < 1.29 is 9.90 Å². The average molecular weight is 272 g/mol. The lowest BCUT2D eigenvalue weighted by Crippen LogP contribution is -2.08. The normalized spacial score (nSPS) is 10.5. The summed E-state index contributed by atoms with van der Waals surface area (Å²) in [5.41, 5.74) is 0.845. The van der Waals surface area contributed by atoms with E-state index in [0.29, 0.717) is 16.4 Å². The molecule has 1 heterocycles. The number of para-hydroxylation sites is 1. The van der Waals surface area contributed by atoms with Crippen molar-refractivity contribution in [3.05, 3.63) is 40.1 Å². The molecule has 5 nitrogen and oxygen atoms in total. The van der Waals surface area contributed by atoms with Gasteiger partial charge in [0.1, 0.15) is 0 Å². The van der Waals surface area contributed by atoms with Gasteiger partial charge in [-0.2, -0.15) is 0 Å². The Hall–Kier alpha value is -1.59. The Bertz CT molecular complexity index is 568. The van der Waals surface area contributed by atoms with Crippen LogP contribution in [0.25, 0.3) is 5.69 Å². The minimum atomic E-state index is -1.01. The lowest BCUT2D eigenvalue weighted by atomic mass is 10.3. The second-order valence-corrected chi connectivity index (χ2v) is 4.03. The fraction of sp³-hybridized carbons (Fsp3) is 0.100. The van der Waals surface area contributed by atoms with E-state index in [1.54, 1.807) is 24.3 Å². The van der Waals surface area contributed by atoms with E-state index in [4.69, 9.17) is 28.3 Å². The van der Waals surface area contributed by atoms with E-state index < -0.39 is 5.97 Å². The molecular formula is C10H7Cl2N3O2. The number of halogens is 2. The van der Waals surface area contributed by atoms with Crippen molar-refractivity contribution in [3.63, 3.8) is 0 Å². The summed E-state index contributed by atoms with van der Waals surface area (Å²) in [5.74, 6) is -1.01. The van der Waals surface area contributed by atoms with Crippen molar-refractivity contribution in [3.8, 4) is 5.69 Å². The number of aromatic nitrogens is 3. The Balaban J connectivity index is 2.53. The molecule has 7 heteroatoms. The van der Waals surface area contributed by atoms with Crippen molar-refractivity contribution in [2.45, 2.75) is 6.42 Å². The quantitative estimate of drug-likeness (QED) is 0.930. The zero-order chi connectivity index (χ0) is 12.4. The van der Waals surface area contributed by atoms with E-state index >= 15 is 0 Å². The molecule has 0 spiro atoms. The highest BCUT2D eigenvalue weighted by Gasteiger charge is 2.16. The number of hydrogen-bond donors (Lipinski definition) is 1. The van der Waals surface area contributed by atoms with Crippen LogP contribution in [0.2, 0.25) is 10.2 Å². The monoisotopic (exact) mass is 271 g/mol. The fourth-order valence-electron chi connectivity index (χ4n) is 1.39. The van der Waals surface area contributed by atoms with Gasteiger partial charge in [0.15, 0.2) is 5.15 Å². The van der Waals surface area contributed by atoms with Gasteiger partial charge in [0, 0.05) is 0 Å². The molecule has 0 atom stereocenters. The highest BCUT2D eigenvalue weighted by atomic mass is 35.5. The zero-order valence-electron chi connectivity index (χ0n) is 8.47. The second-order valence-electron chi connectivity index (χ2n) is 3.26. The summed E-state index contributed by atoms with van der Waals surface area (Å²) in [4.78, 5) is 10.7. The number of nitrogens with zero attached hydrogens (tertiary/aromatic N) is 3. The zero-order valence-corrected chi connectivity index (χ0v) is 9.98. The summed E-state index contributed by atoms with van der Waals surface area (Å²) in [5, 5.41) is 16.7. The molecule has 0 radical (unpaired) electrons. The molecule has 2 rings (SSSR count). The average Bonchev–Trinajstić information content (AvgIpc) is 2.61. The molecule has 0 saturated carbocycles. The molecule has 1 aromatic carbocycles. The van der Waals surface area contributed by atoms with Gasteiger partial charge in [0.2, 0.25) is 0 Å². The van der Waals surface area contributed by atoms with Crippen molar-refractivity contribution >= 4 is 29.2 Å². The summed E-state index contributed by atoms with van der Waals surface area (Å²) in [6, 6.07) is 6.91. The molecule has 0 aliphatic heterocycles. The van der Waals surface area contributed by atoms with Crippen molar-refractivity contribution in [2.75, 3.05) is 0 Å². The molecule has 0 saturated heterocycles. The predicted octanol–water partition coefficient (Wildman–Crippen LogP) is 2.20. The third-order valence-corrected chi connectivity index (χ3v) is 2.73. The summed E-state index contributed by atoms with van der Waals surface area (Å²) in [6.45, 7) is 0. The van der Waals surface area contributed by atoms with Gasteiger partial charge in [-0.05, 0) is 12.1 Å². The smallest absolute Gasteiger partial charge is 0.309 e. The first-order valence-corrected chi connectivity index (χ1v) is 5.42. The van der Waals surface area contributed by atoms with Gasteiger partial charge in [-0.15, -0.1) is 5.10 Å². The number of hydrogen-bond acceptors (Lipinski definition) is 3. The Kier molecular flexibility index (Phi) is 3.31. The SMILES string of the molecule is O=C(O)Cc1c(Cl)nnn1-c1ccccc1Cl. The van der Waals surface area contributed by atoms with E-state index in [1.807, 2.05) is 0 Å². The molecule has 0 amide bonds. The van der Waals surface area contributed by atoms with Crippen LogP contribution in [-0.4, -0.2) is 26.1 Å².